The largest absolute Gasteiger partial charge is 0.480 e. The van der Waals surface area contributed by atoms with Crippen molar-refractivity contribution in [3.8, 4) is 0 Å². The van der Waals surface area contributed by atoms with Crippen LogP contribution in [0.25, 0.3) is 0 Å². The maximum absolute atomic E-state index is 11.2. The average Bonchev–Trinajstić information content (AvgIpc) is 2.24. The van der Waals surface area contributed by atoms with E-state index in [4.69, 9.17) is 9.47 Å². The number of likely N-dealkylation sites (N-methyl/N-ethyl adjacent to an activating group) is 1. The van der Waals surface area contributed by atoms with Gasteiger partial charge in [-0.25, -0.2) is 0 Å². The minimum absolute atomic E-state index is 0.0907. The molecule has 17 heavy (non-hydrogen) atoms. The van der Waals surface area contributed by atoms with Crippen LogP contribution in [-0.2, 0) is 14.3 Å². The van der Waals surface area contributed by atoms with Crippen molar-refractivity contribution in [2.45, 2.75) is 45.3 Å². The molecule has 0 fully saturated rings. The van der Waals surface area contributed by atoms with Crippen LogP contribution in [0.2, 0.25) is 0 Å². The van der Waals surface area contributed by atoms with E-state index in [9.17, 15) is 9.90 Å². The summed E-state index contributed by atoms with van der Waals surface area (Å²) in [6.45, 7) is 7.36. The van der Waals surface area contributed by atoms with Gasteiger partial charge in [0.1, 0.15) is 5.54 Å². The van der Waals surface area contributed by atoms with Gasteiger partial charge >= 0.3 is 5.97 Å². The normalized spacial score (nSPS) is 16.5. The number of nitrogens with one attached hydrogen (secondary N) is 1. The Hall–Kier alpha value is -0.650. The molecular weight excluding hydrogens is 222 g/mol. The van der Waals surface area contributed by atoms with Crippen molar-refractivity contribution in [2.75, 3.05) is 26.9 Å². The number of ether oxygens (including phenoxy) is 2. The van der Waals surface area contributed by atoms with Crippen LogP contribution in [0.4, 0.5) is 0 Å². The van der Waals surface area contributed by atoms with Crippen LogP contribution in [0, 0.1) is 0 Å². The summed E-state index contributed by atoms with van der Waals surface area (Å²) in [5.41, 5.74) is -0.921. The number of methoxy groups -OCH3 is 1. The maximum atomic E-state index is 11.2. The highest BCUT2D eigenvalue weighted by Gasteiger charge is 2.33. The lowest BCUT2D eigenvalue weighted by molar-refractivity contribution is -0.145. The molecule has 0 rings (SSSR count). The van der Waals surface area contributed by atoms with E-state index in [1.807, 2.05) is 13.8 Å². The van der Waals surface area contributed by atoms with Crippen LogP contribution in [0.3, 0.4) is 0 Å². The molecule has 0 aliphatic heterocycles. The molecular formula is C12H25NO4. The molecule has 2 atom stereocenters. The van der Waals surface area contributed by atoms with E-state index >= 15 is 0 Å². The molecule has 0 aromatic rings. The number of carboxylic acids is 1. The predicted molar refractivity (Wildman–Crippen MR) is 66.2 cm³/mol. The minimum Gasteiger partial charge on any atom is -0.480 e. The standard InChI is InChI=1S/C12H25NO4/c1-5-13-12(3,11(14)15)9-10(2)17-8-6-7-16-4/h10,13H,5-9H2,1-4H3,(H,14,15). The van der Waals surface area contributed by atoms with Crippen molar-refractivity contribution < 1.29 is 19.4 Å². The number of aliphatic carboxylic acids is 1. The van der Waals surface area contributed by atoms with Crippen molar-refractivity contribution in [3.05, 3.63) is 0 Å². The Morgan fingerprint density at radius 3 is 2.59 bits per heavy atom. The van der Waals surface area contributed by atoms with E-state index in [0.717, 1.165) is 6.42 Å². The molecule has 5 heteroatoms. The van der Waals surface area contributed by atoms with Gasteiger partial charge in [0.05, 0.1) is 6.10 Å². The Labute approximate surface area is 103 Å². The highest BCUT2D eigenvalue weighted by Crippen LogP contribution is 2.15. The van der Waals surface area contributed by atoms with Crippen LogP contribution >= 0.6 is 0 Å². The first-order valence-electron chi connectivity index (χ1n) is 6.05. The molecule has 0 spiro atoms. The molecule has 2 unspecified atom stereocenters. The molecule has 0 amide bonds. The molecule has 2 N–H and O–H groups in total. The van der Waals surface area contributed by atoms with Crippen molar-refractivity contribution in [3.63, 3.8) is 0 Å². The number of hydrogen-bond donors (Lipinski definition) is 2. The SMILES string of the molecule is CCNC(C)(CC(C)OCCCOC)C(=O)O. The third-order valence-corrected chi connectivity index (χ3v) is 2.63. The van der Waals surface area contributed by atoms with Crippen molar-refractivity contribution in [1.29, 1.82) is 0 Å². The zero-order chi connectivity index (χ0) is 13.3. The Kier molecular flexibility index (Phi) is 8.12. The van der Waals surface area contributed by atoms with Gasteiger partial charge in [-0.05, 0) is 26.8 Å². The van der Waals surface area contributed by atoms with Gasteiger partial charge in [-0.15, -0.1) is 0 Å². The zero-order valence-corrected chi connectivity index (χ0v) is 11.3. The van der Waals surface area contributed by atoms with Crippen molar-refractivity contribution in [1.82, 2.24) is 5.32 Å². The number of rotatable bonds is 10. The van der Waals surface area contributed by atoms with E-state index < -0.39 is 11.5 Å². The molecule has 0 radical (unpaired) electrons. The highest BCUT2D eigenvalue weighted by molar-refractivity contribution is 5.78. The van der Waals surface area contributed by atoms with Crippen LogP contribution in [-0.4, -0.2) is 49.6 Å². The lowest BCUT2D eigenvalue weighted by Crippen LogP contribution is -2.51. The summed E-state index contributed by atoms with van der Waals surface area (Å²) in [5.74, 6) is -0.841. The smallest absolute Gasteiger partial charge is 0.323 e. The highest BCUT2D eigenvalue weighted by atomic mass is 16.5. The Morgan fingerprint density at radius 1 is 1.47 bits per heavy atom. The van der Waals surface area contributed by atoms with Crippen LogP contribution < -0.4 is 5.32 Å². The fraction of sp³-hybridized carbons (Fsp3) is 0.917. The van der Waals surface area contributed by atoms with Crippen LogP contribution in [0.5, 0.6) is 0 Å². The van der Waals surface area contributed by atoms with Gasteiger partial charge in [0.2, 0.25) is 0 Å². The molecule has 0 bridgehead atoms. The quantitative estimate of drug-likeness (QED) is 0.569. The third-order valence-electron chi connectivity index (χ3n) is 2.63. The topological polar surface area (TPSA) is 67.8 Å². The van der Waals surface area contributed by atoms with E-state index in [1.165, 1.54) is 0 Å². The second-order valence-electron chi connectivity index (χ2n) is 4.40. The fourth-order valence-corrected chi connectivity index (χ4v) is 1.75. The molecule has 0 aromatic carbocycles. The van der Waals surface area contributed by atoms with Crippen LogP contribution in [0.15, 0.2) is 0 Å². The molecule has 0 aliphatic rings. The third kappa shape index (κ3) is 6.61. The fourth-order valence-electron chi connectivity index (χ4n) is 1.75. The molecule has 0 heterocycles. The van der Waals surface area contributed by atoms with E-state index in [-0.39, 0.29) is 6.10 Å². The van der Waals surface area contributed by atoms with Crippen LogP contribution in [0.1, 0.15) is 33.6 Å². The molecule has 0 aliphatic carbocycles. The molecule has 102 valence electrons. The summed E-state index contributed by atoms with van der Waals surface area (Å²) in [7, 11) is 1.65. The summed E-state index contributed by atoms with van der Waals surface area (Å²) in [6.07, 6.45) is 1.18. The zero-order valence-electron chi connectivity index (χ0n) is 11.3. The van der Waals surface area contributed by atoms with Gasteiger partial charge in [0, 0.05) is 26.7 Å². The van der Waals surface area contributed by atoms with Crippen molar-refractivity contribution >= 4 is 5.97 Å². The molecule has 5 nitrogen and oxygen atoms in total. The Bertz CT molecular complexity index is 223. The maximum Gasteiger partial charge on any atom is 0.323 e. The monoisotopic (exact) mass is 247 g/mol. The van der Waals surface area contributed by atoms with E-state index in [0.29, 0.717) is 26.2 Å². The van der Waals surface area contributed by atoms with Gasteiger partial charge in [0.25, 0.3) is 0 Å². The molecule has 0 saturated heterocycles. The lowest BCUT2D eigenvalue weighted by Gasteiger charge is -2.28. The van der Waals surface area contributed by atoms with Gasteiger partial charge < -0.3 is 19.9 Å². The molecule has 0 saturated carbocycles. The second kappa shape index (κ2) is 8.44. The first-order valence-corrected chi connectivity index (χ1v) is 6.05. The first kappa shape index (κ1) is 16.4. The number of carboxylic acid groups (broad SMARTS) is 1. The average molecular weight is 247 g/mol. The first-order chi connectivity index (χ1) is 7.96. The number of carbonyl (C=O) groups is 1. The van der Waals surface area contributed by atoms with Gasteiger partial charge in [0.15, 0.2) is 0 Å². The summed E-state index contributed by atoms with van der Waals surface area (Å²) in [6, 6.07) is 0. The molecule has 0 aromatic heterocycles. The van der Waals surface area contributed by atoms with Gasteiger partial charge in [-0.2, -0.15) is 0 Å². The lowest BCUT2D eigenvalue weighted by atomic mass is 9.95. The van der Waals surface area contributed by atoms with Gasteiger partial charge in [-0.1, -0.05) is 6.92 Å². The van der Waals surface area contributed by atoms with E-state index in [2.05, 4.69) is 5.32 Å². The second-order valence-corrected chi connectivity index (χ2v) is 4.40. The Morgan fingerprint density at radius 2 is 2.12 bits per heavy atom. The summed E-state index contributed by atoms with van der Waals surface area (Å²) in [5, 5.41) is 12.2. The summed E-state index contributed by atoms with van der Waals surface area (Å²) < 4.78 is 10.5. The summed E-state index contributed by atoms with van der Waals surface area (Å²) in [4.78, 5) is 11.2. The van der Waals surface area contributed by atoms with E-state index in [1.54, 1.807) is 14.0 Å². The Balaban J connectivity index is 4.04. The minimum atomic E-state index is -0.921. The van der Waals surface area contributed by atoms with Crippen molar-refractivity contribution in [2.24, 2.45) is 0 Å². The number of hydrogen-bond acceptors (Lipinski definition) is 4. The van der Waals surface area contributed by atoms with Gasteiger partial charge in [-0.3, -0.25) is 4.79 Å². The predicted octanol–water partition coefficient (Wildman–Crippen LogP) is 1.27. The summed E-state index contributed by atoms with van der Waals surface area (Å²) >= 11 is 0.